The maximum absolute atomic E-state index is 5.60. The van der Waals surface area contributed by atoms with Crippen molar-refractivity contribution in [3.05, 3.63) is 30.0 Å². The van der Waals surface area contributed by atoms with E-state index in [0.717, 1.165) is 5.82 Å². The van der Waals surface area contributed by atoms with E-state index in [2.05, 4.69) is 25.6 Å². The van der Waals surface area contributed by atoms with Gasteiger partial charge in [0.2, 0.25) is 0 Å². The van der Waals surface area contributed by atoms with E-state index in [1.807, 2.05) is 7.05 Å². The molecular weight excluding hydrogens is 250 g/mol. The fourth-order valence-electron chi connectivity index (χ4n) is 1.45. The van der Waals surface area contributed by atoms with Crippen molar-refractivity contribution in [1.29, 1.82) is 0 Å². The molecule has 2 aromatic heterocycles. The van der Waals surface area contributed by atoms with Crippen LogP contribution in [-0.2, 0) is 13.5 Å². The minimum atomic E-state index is 0.295. The molecule has 94 valence electrons. The number of rotatable bonds is 5. The zero-order valence-electron chi connectivity index (χ0n) is 9.87. The van der Waals surface area contributed by atoms with Gasteiger partial charge >= 0.3 is 0 Å². The normalized spacial score (nSPS) is 10.3. The number of nitrogens with two attached hydrogens (primary N) is 1. The van der Waals surface area contributed by atoms with E-state index >= 15 is 0 Å². The number of hydrogen-bond acceptors (Lipinski definition) is 6. The molecule has 0 radical (unpaired) electrons. The largest absolute Gasteiger partial charge is 0.389 e. The van der Waals surface area contributed by atoms with Gasteiger partial charge in [0, 0.05) is 20.0 Å². The third-order valence-corrected chi connectivity index (χ3v) is 2.49. The molecule has 0 aromatic carbocycles. The van der Waals surface area contributed by atoms with Crippen molar-refractivity contribution in [2.45, 2.75) is 6.42 Å². The van der Waals surface area contributed by atoms with Gasteiger partial charge in [-0.2, -0.15) is 10.2 Å². The Kier molecular flexibility index (Phi) is 3.78. The number of aromatic nitrogens is 5. The van der Waals surface area contributed by atoms with Crippen LogP contribution in [0.3, 0.4) is 0 Å². The van der Waals surface area contributed by atoms with E-state index < -0.39 is 0 Å². The summed E-state index contributed by atoms with van der Waals surface area (Å²) in [6.07, 6.45) is 3.91. The van der Waals surface area contributed by atoms with Gasteiger partial charge in [-0.05, 0) is 6.07 Å². The lowest BCUT2D eigenvalue weighted by molar-refractivity contribution is 0.741. The fraction of sp³-hybridized carbons (Fsp3) is 0.300. The average molecular weight is 263 g/mol. The first-order chi connectivity index (χ1) is 8.66. The summed E-state index contributed by atoms with van der Waals surface area (Å²) in [6.45, 7) is 0.637. The molecule has 2 rings (SSSR count). The van der Waals surface area contributed by atoms with Crippen LogP contribution in [0.2, 0.25) is 0 Å². The van der Waals surface area contributed by atoms with Gasteiger partial charge in [-0.15, -0.1) is 5.10 Å². The van der Waals surface area contributed by atoms with E-state index in [9.17, 15) is 0 Å². The van der Waals surface area contributed by atoms with Crippen LogP contribution < -0.4 is 11.1 Å². The lowest BCUT2D eigenvalue weighted by Gasteiger charge is -2.07. The van der Waals surface area contributed by atoms with Crippen molar-refractivity contribution in [3.8, 4) is 0 Å². The SMILES string of the molecule is Cn1cnc(CCNc2nnccc2C(N)=S)n1. The number of anilines is 1. The van der Waals surface area contributed by atoms with Gasteiger partial charge in [0.25, 0.3) is 0 Å². The zero-order chi connectivity index (χ0) is 13.0. The third kappa shape index (κ3) is 2.98. The molecule has 2 aromatic rings. The van der Waals surface area contributed by atoms with Gasteiger partial charge in [-0.3, -0.25) is 4.68 Å². The molecule has 8 heteroatoms. The average Bonchev–Trinajstić information content (AvgIpc) is 2.75. The zero-order valence-corrected chi connectivity index (χ0v) is 10.7. The number of aryl methyl sites for hydroxylation is 1. The van der Waals surface area contributed by atoms with E-state index in [4.69, 9.17) is 18.0 Å². The van der Waals surface area contributed by atoms with Gasteiger partial charge in [-0.25, -0.2) is 4.98 Å². The van der Waals surface area contributed by atoms with Gasteiger partial charge in [0.05, 0.1) is 11.8 Å². The maximum atomic E-state index is 5.60. The molecule has 18 heavy (non-hydrogen) atoms. The minimum absolute atomic E-state index is 0.295. The van der Waals surface area contributed by atoms with Crippen LogP contribution in [0, 0.1) is 0 Å². The highest BCUT2D eigenvalue weighted by Crippen LogP contribution is 2.09. The highest BCUT2D eigenvalue weighted by Gasteiger charge is 2.06. The molecule has 0 aliphatic rings. The molecule has 0 spiro atoms. The molecule has 0 amide bonds. The maximum Gasteiger partial charge on any atom is 0.158 e. The van der Waals surface area contributed by atoms with Crippen molar-refractivity contribution in [3.63, 3.8) is 0 Å². The Hall–Kier alpha value is -2.09. The van der Waals surface area contributed by atoms with E-state index in [-0.39, 0.29) is 0 Å². The summed E-state index contributed by atoms with van der Waals surface area (Å²) in [5.41, 5.74) is 6.29. The summed E-state index contributed by atoms with van der Waals surface area (Å²) >= 11 is 4.94. The second kappa shape index (κ2) is 5.50. The van der Waals surface area contributed by atoms with Crippen LogP contribution in [0.1, 0.15) is 11.4 Å². The monoisotopic (exact) mass is 263 g/mol. The Labute approximate surface area is 109 Å². The predicted octanol–water partition coefficient (Wildman–Crippen LogP) is -0.106. The Morgan fingerprint density at radius 3 is 3.06 bits per heavy atom. The van der Waals surface area contributed by atoms with Crippen molar-refractivity contribution in [1.82, 2.24) is 25.0 Å². The van der Waals surface area contributed by atoms with Crippen molar-refractivity contribution in [2.75, 3.05) is 11.9 Å². The van der Waals surface area contributed by atoms with E-state index in [1.54, 1.807) is 23.3 Å². The molecule has 7 nitrogen and oxygen atoms in total. The highest BCUT2D eigenvalue weighted by molar-refractivity contribution is 7.80. The van der Waals surface area contributed by atoms with Crippen LogP contribution in [0.25, 0.3) is 0 Å². The molecule has 0 unspecified atom stereocenters. The van der Waals surface area contributed by atoms with Crippen LogP contribution in [-0.4, -0.2) is 36.5 Å². The number of nitrogens with one attached hydrogen (secondary N) is 1. The fourth-order valence-corrected chi connectivity index (χ4v) is 1.62. The molecule has 0 aliphatic heterocycles. The van der Waals surface area contributed by atoms with Crippen LogP contribution in [0.4, 0.5) is 5.82 Å². The summed E-state index contributed by atoms with van der Waals surface area (Å²) in [6, 6.07) is 1.73. The van der Waals surface area contributed by atoms with Crippen molar-refractivity contribution in [2.24, 2.45) is 12.8 Å². The molecule has 0 aliphatic carbocycles. The minimum Gasteiger partial charge on any atom is -0.389 e. The lowest BCUT2D eigenvalue weighted by atomic mass is 10.3. The quantitative estimate of drug-likeness (QED) is 0.727. The third-order valence-electron chi connectivity index (χ3n) is 2.27. The van der Waals surface area contributed by atoms with E-state index in [1.165, 1.54) is 0 Å². The molecular formula is C10H13N7S. The van der Waals surface area contributed by atoms with Crippen LogP contribution in [0.15, 0.2) is 18.6 Å². The summed E-state index contributed by atoms with van der Waals surface area (Å²) < 4.78 is 1.66. The standard InChI is InChI=1S/C10H13N7S/c1-17-6-13-8(16-17)3-4-12-10-7(9(11)18)2-5-14-15-10/h2,5-6H,3-4H2,1H3,(H2,11,18)(H,12,15). The molecule has 0 saturated heterocycles. The molecule has 2 heterocycles. The molecule has 3 N–H and O–H groups in total. The Morgan fingerprint density at radius 1 is 1.56 bits per heavy atom. The topological polar surface area (TPSA) is 94.5 Å². The summed E-state index contributed by atoms with van der Waals surface area (Å²) in [4.78, 5) is 4.42. The summed E-state index contributed by atoms with van der Waals surface area (Å²) in [5, 5.41) is 15.1. The van der Waals surface area contributed by atoms with Crippen LogP contribution >= 0.6 is 12.2 Å². The predicted molar refractivity (Wildman–Crippen MR) is 71.1 cm³/mol. The Balaban J connectivity index is 1.96. The van der Waals surface area contributed by atoms with Gasteiger partial charge in [0.15, 0.2) is 11.6 Å². The Bertz CT molecular complexity index is 551. The first-order valence-electron chi connectivity index (χ1n) is 5.36. The molecule has 0 atom stereocenters. The highest BCUT2D eigenvalue weighted by atomic mass is 32.1. The number of hydrogen-bond donors (Lipinski definition) is 2. The smallest absolute Gasteiger partial charge is 0.158 e. The molecule has 0 saturated carbocycles. The lowest BCUT2D eigenvalue weighted by Crippen LogP contribution is -2.16. The number of nitrogens with zero attached hydrogens (tertiary/aromatic N) is 5. The second-order valence-electron chi connectivity index (χ2n) is 3.67. The first-order valence-corrected chi connectivity index (χ1v) is 5.77. The Morgan fingerprint density at radius 2 is 2.39 bits per heavy atom. The summed E-state index contributed by atoms with van der Waals surface area (Å²) in [7, 11) is 1.83. The van der Waals surface area contributed by atoms with Crippen molar-refractivity contribution < 1.29 is 0 Å². The molecule has 0 bridgehead atoms. The van der Waals surface area contributed by atoms with Gasteiger partial charge in [-0.1, -0.05) is 12.2 Å². The van der Waals surface area contributed by atoms with Crippen molar-refractivity contribution >= 4 is 23.0 Å². The number of thiocarbonyl (C=S) groups is 1. The second-order valence-corrected chi connectivity index (χ2v) is 4.11. The van der Waals surface area contributed by atoms with Gasteiger partial charge < -0.3 is 11.1 Å². The van der Waals surface area contributed by atoms with Crippen LogP contribution in [0.5, 0.6) is 0 Å². The summed E-state index contributed by atoms with van der Waals surface area (Å²) in [5.74, 6) is 1.35. The van der Waals surface area contributed by atoms with Gasteiger partial charge in [0.1, 0.15) is 11.3 Å². The first kappa shape index (κ1) is 12.4. The van der Waals surface area contributed by atoms with E-state index in [0.29, 0.717) is 29.3 Å². The molecule has 0 fully saturated rings.